The zero-order valence-corrected chi connectivity index (χ0v) is 19.4. The molecule has 1 N–H and O–H groups in total. The number of piperidine rings is 1. The van der Waals surface area contributed by atoms with Crippen LogP contribution in [0.15, 0.2) is 48.7 Å². The van der Waals surface area contributed by atoms with Crippen LogP contribution in [0.25, 0.3) is 10.9 Å². The number of benzene rings is 2. The zero-order chi connectivity index (χ0) is 22.7. The predicted octanol–water partition coefficient (Wildman–Crippen LogP) is 4.89. The Balaban J connectivity index is 1.33. The summed E-state index contributed by atoms with van der Waals surface area (Å²) in [5.41, 5.74) is 0.722. The molecular weight excluding hydrogens is 451 g/mol. The minimum atomic E-state index is -0.672. The second-order valence-corrected chi connectivity index (χ2v) is 8.90. The van der Waals surface area contributed by atoms with Crippen LogP contribution in [-0.4, -0.2) is 58.9 Å². The Morgan fingerprint density at radius 2 is 2.06 bits per heavy atom. The number of carbonyl (C=O) groups is 1. The highest BCUT2D eigenvalue weighted by molar-refractivity contribution is 6.42. The van der Waals surface area contributed by atoms with Gasteiger partial charge in [-0.05, 0) is 43.7 Å². The highest BCUT2D eigenvalue weighted by Gasteiger charge is 2.24. The molecule has 1 fully saturated rings. The maximum absolute atomic E-state index is 11.9. The number of β-amino-alcohol motifs (C(OH)–C–C–N with tert-alkyl or cyclic N) is 1. The number of fused-ring (bicyclic) bond motifs is 1. The van der Waals surface area contributed by atoms with Gasteiger partial charge in [0.2, 0.25) is 5.91 Å². The van der Waals surface area contributed by atoms with Gasteiger partial charge in [0.15, 0.2) is 0 Å². The summed E-state index contributed by atoms with van der Waals surface area (Å²) in [6, 6.07) is 12.8. The molecule has 0 bridgehead atoms. The van der Waals surface area contributed by atoms with Crippen molar-refractivity contribution in [3.63, 3.8) is 0 Å². The first-order valence-corrected chi connectivity index (χ1v) is 11.4. The highest BCUT2D eigenvalue weighted by atomic mass is 35.5. The molecule has 4 rings (SSSR count). The maximum Gasteiger partial charge on any atom is 0.228 e. The van der Waals surface area contributed by atoms with Gasteiger partial charge in [-0.2, -0.15) is 0 Å². The van der Waals surface area contributed by atoms with Gasteiger partial charge in [-0.25, -0.2) is 0 Å². The van der Waals surface area contributed by atoms with Crippen molar-refractivity contribution >= 4 is 40.0 Å². The molecule has 2 aromatic carbocycles. The van der Waals surface area contributed by atoms with E-state index in [0.29, 0.717) is 34.6 Å². The monoisotopic (exact) mass is 476 g/mol. The summed E-state index contributed by atoms with van der Waals surface area (Å²) in [7, 11) is 0. The molecule has 0 radical (unpaired) electrons. The summed E-state index contributed by atoms with van der Waals surface area (Å²) in [6.45, 7) is 3.72. The third kappa shape index (κ3) is 5.38. The number of ether oxygens (including phenoxy) is 2. The lowest BCUT2D eigenvalue weighted by atomic mass is 10.1. The van der Waals surface area contributed by atoms with E-state index in [0.717, 1.165) is 30.3 Å². The molecule has 2 atom stereocenters. The average Bonchev–Trinajstić information content (AvgIpc) is 3.20. The van der Waals surface area contributed by atoms with Gasteiger partial charge in [0.05, 0.1) is 15.6 Å². The standard InChI is InChI=1S/C24H26Cl2N2O4/c1-16(29)28-11-9-17-4-2-6-23(24(17)28)31-15-18(30)13-27-10-3-5-20(14-27)32-19-7-8-21(25)22(26)12-19/h2,4,6-9,11-12,18,20,30H,3,5,10,13-15H2,1H3. The van der Waals surface area contributed by atoms with Gasteiger partial charge in [-0.1, -0.05) is 35.3 Å². The third-order valence-corrected chi connectivity index (χ3v) is 6.31. The predicted molar refractivity (Wildman–Crippen MR) is 126 cm³/mol. The third-order valence-electron chi connectivity index (χ3n) is 5.57. The van der Waals surface area contributed by atoms with E-state index in [2.05, 4.69) is 4.90 Å². The molecule has 6 nitrogen and oxygen atoms in total. The van der Waals surface area contributed by atoms with Gasteiger partial charge in [-0.15, -0.1) is 0 Å². The first-order chi connectivity index (χ1) is 15.4. The number of aliphatic hydroxyl groups is 1. The Kier molecular flexibility index (Phi) is 7.26. The van der Waals surface area contributed by atoms with Gasteiger partial charge >= 0.3 is 0 Å². The molecule has 2 heterocycles. The molecule has 1 aliphatic heterocycles. The number of hydrogen-bond donors (Lipinski definition) is 1. The van der Waals surface area contributed by atoms with Crippen LogP contribution in [0.1, 0.15) is 24.6 Å². The van der Waals surface area contributed by atoms with Gasteiger partial charge in [0, 0.05) is 37.7 Å². The maximum atomic E-state index is 11.9. The van der Waals surface area contributed by atoms with Crippen molar-refractivity contribution in [1.29, 1.82) is 0 Å². The van der Waals surface area contributed by atoms with Crippen molar-refractivity contribution in [1.82, 2.24) is 9.47 Å². The second-order valence-electron chi connectivity index (χ2n) is 8.08. The van der Waals surface area contributed by atoms with Crippen molar-refractivity contribution in [2.75, 3.05) is 26.2 Å². The molecule has 1 aliphatic rings. The van der Waals surface area contributed by atoms with Gasteiger partial charge in [-0.3, -0.25) is 14.3 Å². The molecule has 0 aliphatic carbocycles. The quantitative estimate of drug-likeness (QED) is 0.525. The SMILES string of the molecule is CC(=O)n1ccc2cccc(OCC(O)CN3CCCC(Oc4ccc(Cl)c(Cl)c4)C3)c21. The van der Waals surface area contributed by atoms with Gasteiger partial charge in [0.1, 0.15) is 30.3 Å². The lowest BCUT2D eigenvalue weighted by Crippen LogP contribution is -2.45. The Morgan fingerprint density at radius 3 is 2.84 bits per heavy atom. The molecule has 2 unspecified atom stereocenters. The topological polar surface area (TPSA) is 63.9 Å². The van der Waals surface area contributed by atoms with Gasteiger partial charge < -0.3 is 14.6 Å². The fourth-order valence-electron chi connectivity index (χ4n) is 4.09. The van der Waals surface area contributed by atoms with Crippen LogP contribution in [0.4, 0.5) is 0 Å². The largest absolute Gasteiger partial charge is 0.489 e. The molecule has 1 aromatic heterocycles. The van der Waals surface area contributed by atoms with Crippen LogP contribution in [0.2, 0.25) is 10.0 Å². The smallest absolute Gasteiger partial charge is 0.228 e. The Bertz CT molecular complexity index is 1100. The first kappa shape index (κ1) is 22.9. The number of aliphatic hydroxyl groups excluding tert-OH is 1. The zero-order valence-electron chi connectivity index (χ0n) is 17.8. The van der Waals surface area contributed by atoms with E-state index in [1.165, 1.54) is 6.92 Å². The molecule has 170 valence electrons. The number of nitrogens with zero attached hydrogens (tertiary/aromatic N) is 2. The lowest BCUT2D eigenvalue weighted by Gasteiger charge is -2.34. The summed E-state index contributed by atoms with van der Waals surface area (Å²) in [5.74, 6) is 1.19. The normalized spacial score (nSPS) is 17.9. The summed E-state index contributed by atoms with van der Waals surface area (Å²) in [4.78, 5) is 14.1. The average molecular weight is 477 g/mol. The molecule has 0 amide bonds. The Morgan fingerprint density at radius 1 is 1.22 bits per heavy atom. The first-order valence-electron chi connectivity index (χ1n) is 10.7. The van der Waals surface area contributed by atoms with Crippen molar-refractivity contribution in [3.05, 3.63) is 58.7 Å². The molecule has 3 aromatic rings. The minimum absolute atomic E-state index is 0.0155. The molecular formula is C24H26Cl2N2O4. The number of carbonyl (C=O) groups excluding carboxylic acids is 1. The molecule has 0 spiro atoms. The van der Waals surface area contributed by atoms with E-state index < -0.39 is 6.10 Å². The van der Waals surface area contributed by atoms with E-state index in [1.54, 1.807) is 22.9 Å². The number of likely N-dealkylation sites (tertiary alicyclic amines) is 1. The molecule has 8 heteroatoms. The Hall–Kier alpha value is -2.25. The van der Waals surface area contributed by atoms with Crippen LogP contribution in [0.5, 0.6) is 11.5 Å². The number of rotatable bonds is 7. The fraction of sp³-hybridized carbons (Fsp3) is 0.375. The van der Waals surface area contributed by atoms with Crippen molar-refractivity contribution in [3.8, 4) is 11.5 Å². The number of hydrogen-bond acceptors (Lipinski definition) is 5. The van der Waals surface area contributed by atoms with Crippen molar-refractivity contribution < 1.29 is 19.4 Å². The number of aromatic nitrogens is 1. The van der Waals surface area contributed by atoms with E-state index >= 15 is 0 Å². The number of para-hydroxylation sites is 1. The van der Waals surface area contributed by atoms with Crippen molar-refractivity contribution in [2.24, 2.45) is 0 Å². The summed E-state index contributed by atoms with van der Waals surface area (Å²) in [6.07, 6.45) is 2.99. The molecule has 1 saturated heterocycles. The Labute approximate surface area is 197 Å². The molecule has 0 saturated carbocycles. The van der Waals surface area contributed by atoms with E-state index in [9.17, 15) is 9.90 Å². The van der Waals surface area contributed by atoms with E-state index in [4.69, 9.17) is 32.7 Å². The van der Waals surface area contributed by atoms with E-state index in [1.807, 2.05) is 30.3 Å². The number of halogens is 2. The van der Waals surface area contributed by atoms with Crippen molar-refractivity contribution in [2.45, 2.75) is 32.0 Å². The highest BCUT2D eigenvalue weighted by Crippen LogP contribution is 2.29. The molecule has 32 heavy (non-hydrogen) atoms. The van der Waals surface area contributed by atoms with Crippen LogP contribution in [-0.2, 0) is 0 Å². The van der Waals surface area contributed by atoms with Crippen LogP contribution < -0.4 is 9.47 Å². The lowest BCUT2D eigenvalue weighted by molar-refractivity contribution is 0.0322. The van der Waals surface area contributed by atoms with E-state index in [-0.39, 0.29) is 18.6 Å². The minimum Gasteiger partial charge on any atom is -0.489 e. The van der Waals surface area contributed by atoms with Crippen LogP contribution in [0, 0.1) is 0 Å². The fourth-order valence-corrected chi connectivity index (χ4v) is 4.38. The van der Waals surface area contributed by atoms with Crippen LogP contribution in [0.3, 0.4) is 0 Å². The summed E-state index contributed by atoms with van der Waals surface area (Å²) in [5, 5.41) is 12.5. The summed E-state index contributed by atoms with van der Waals surface area (Å²) < 4.78 is 13.5. The summed E-state index contributed by atoms with van der Waals surface area (Å²) >= 11 is 12.1. The van der Waals surface area contributed by atoms with Gasteiger partial charge in [0.25, 0.3) is 0 Å². The van der Waals surface area contributed by atoms with Crippen LogP contribution >= 0.6 is 23.2 Å². The second kappa shape index (κ2) is 10.1.